The summed E-state index contributed by atoms with van der Waals surface area (Å²) in [5.41, 5.74) is 0.246. The molecule has 22 heavy (non-hydrogen) atoms. The molecule has 0 saturated carbocycles. The number of benzene rings is 2. The van der Waals surface area contributed by atoms with E-state index in [9.17, 15) is 13.2 Å². The molecule has 0 aromatic heterocycles. The summed E-state index contributed by atoms with van der Waals surface area (Å²) >= 11 is 0. The number of nitrogens with one attached hydrogen (secondary N) is 1. The van der Waals surface area contributed by atoms with Gasteiger partial charge in [0.05, 0.1) is 11.7 Å². The lowest BCUT2D eigenvalue weighted by Crippen LogP contribution is -2.49. The Morgan fingerprint density at radius 1 is 0.955 bits per heavy atom. The van der Waals surface area contributed by atoms with Crippen molar-refractivity contribution in [1.82, 2.24) is 5.32 Å². The monoisotopic (exact) mass is 307 g/mol. The van der Waals surface area contributed by atoms with Gasteiger partial charge in [0.15, 0.2) is 0 Å². The number of hydrogen-bond acceptors (Lipinski definition) is 2. The molecule has 1 N–H and O–H groups in total. The fourth-order valence-electron chi connectivity index (χ4n) is 2.49. The SMILES string of the molecule is FC(F)(F)c1ccccc1C(OC1CNC1)c1ccccc1. The minimum Gasteiger partial charge on any atom is -0.363 e. The zero-order valence-electron chi connectivity index (χ0n) is 11.8. The molecule has 1 aliphatic rings. The Balaban J connectivity index is 2.02. The molecular weight excluding hydrogens is 291 g/mol. The van der Waals surface area contributed by atoms with E-state index < -0.39 is 17.8 Å². The van der Waals surface area contributed by atoms with Crippen LogP contribution in [0.1, 0.15) is 22.8 Å². The van der Waals surface area contributed by atoms with E-state index in [0.29, 0.717) is 13.1 Å². The summed E-state index contributed by atoms with van der Waals surface area (Å²) in [7, 11) is 0. The van der Waals surface area contributed by atoms with E-state index in [1.54, 1.807) is 30.3 Å². The zero-order valence-corrected chi connectivity index (χ0v) is 11.8. The van der Waals surface area contributed by atoms with Crippen LogP contribution >= 0.6 is 0 Å². The van der Waals surface area contributed by atoms with Crippen LogP contribution in [-0.4, -0.2) is 19.2 Å². The first-order chi connectivity index (χ1) is 10.6. The largest absolute Gasteiger partial charge is 0.416 e. The molecule has 5 heteroatoms. The highest BCUT2D eigenvalue weighted by Gasteiger charge is 2.36. The molecule has 116 valence electrons. The summed E-state index contributed by atoms with van der Waals surface area (Å²) in [6.45, 7) is 1.33. The molecule has 1 saturated heterocycles. The van der Waals surface area contributed by atoms with Crippen molar-refractivity contribution in [3.63, 3.8) is 0 Å². The van der Waals surface area contributed by atoms with Gasteiger partial charge in [-0.2, -0.15) is 13.2 Å². The van der Waals surface area contributed by atoms with Crippen molar-refractivity contribution in [3.8, 4) is 0 Å². The van der Waals surface area contributed by atoms with Gasteiger partial charge in [-0.3, -0.25) is 0 Å². The van der Waals surface area contributed by atoms with Crippen molar-refractivity contribution in [1.29, 1.82) is 0 Å². The standard InChI is InChI=1S/C17H16F3NO/c18-17(19,20)15-9-5-4-8-14(15)16(22-13-10-21-11-13)12-6-2-1-3-7-12/h1-9,13,16,21H,10-11H2. The van der Waals surface area contributed by atoms with E-state index in [0.717, 1.165) is 11.6 Å². The van der Waals surface area contributed by atoms with Gasteiger partial charge in [0.25, 0.3) is 0 Å². The van der Waals surface area contributed by atoms with Gasteiger partial charge in [-0.25, -0.2) is 0 Å². The van der Waals surface area contributed by atoms with Gasteiger partial charge in [0.1, 0.15) is 6.10 Å². The summed E-state index contributed by atoms with van der Waals surface area (Å²) in [6.07, 6.45) is -5.18. The van der Waals surface area contributed by atoms with Crippen molar-refractivity contribution in [2.75, 3.05) is 13.1 Å². The van der Waals surface area contributed by atoms with E-state index in [1.165, 1.54) is 12.1 Å². The maximum Gasteiger partial charge on any atom is 0.416 e. The minimum atomic E-state index is -4.40. The van der Waals surface area contributed by atoms with E-state index in [1.807, 2.05) is 6.07 Å². The first kappa shape index (κ1) is 15.1. The highest BCUT2D eigenvalue weighted by atomic mass is 19.4. The molecular formula is C17H16F3NO. The molecule has 0 amide bonds. The Bertz CT molecular complexity index is 623. The van der Waals surface area contributed by atoms with Crippen LogP contribution < -0.4 is 5.32 Å². The van der Waals surface area contributed by atoms with Crippen LogP contribution in [0.3, 0.4) is 0 Å². The zero-order chi connectivity index (χ0) is 15.6. The molecule has 1 unspecified atom stereocenters. The molecule has 2 aromatic rings. The Morgan fingerprint density at radius 3 is 2.18 bits per heavy atom. The third-order valence-electron chi connectivity index (χ3n) is 3.72. The summed E-state index contributed by atoms with van der Waals surface area (Å²) in [6, 6.07) is 14.7. The van der Waals surface area contributed by atoms with Crippen LogP contribution in [0.2, 0.25) is 0 Å². The van der Waals surface area contributed by atoms with Gasteiger partial charge in [-0.1, -0.05) is 48.5 Å². The van der Waals surface area contributed by atoms with Gasteiger partial charge in [-0.05, 0) is 17.2 Å². The van der Waals surface area contributed by atoms with Gasteiger partial charge in [0, 0.05) is 13.1 Å². The van der Waals surface area contributed by atoms with Crippen molar-refractivity contribution in [3.05, 3.63) is 71.3 Å². The number of rotatable bonds is 4. The summed E-state index contributed by atoms with van der Waals surface area (Å²) in [5.74, 6) is 0. The molecule has 1 atom stereocenters. The first-order valence-electron chi connectivity index (χ1n) is 7.13. The van der Waals surface area contributed by atoms with Crippen molar-refractivity contribution >= 4 is 0 Å². The van der Waals surface area contributed by atoms with Gasteiger partial charge in [-0.15, -0.1) is 0 Å². The molecule has 0 aliphatic carbocycles. The molecule has 0 radical (unpaired) electrons. The topological polar surface area (TPSA) is 21.3 Å². The molecule has 1 fully saturated rings. The van der Waals surface area contributed by atoms with Crippen LogP contribution in [-0.2, 0) is 10.9 Å². The Labute approximate surface area is 126 Å². The molecule has 3 rings (SSSR count). The molecule has 2 nitrogen and oxygen atoms in total. The number of halogens is 3. The normalized spacial score (nSPS) is 17.0. The second-order valence-corrected chi connectivity index (χ2v) is 5.29. The summed E-state index contributed by atoms with van der Waals surface area (Å²) in [5, 5.41) is 3.07. The number of alkyl halides is 3. The first-order valence-corrected chi connectivity index (χ1v) is 7.13. The summed E-state index contributed by atoms with van der Waals surface area (Å²) < 4.78 is 45.8. The van der Waals surface area contributed by atoms with Gasteiger partial charge in [0.2, 0.25) is 0 Å². The van der Waals surface area contributed by atoms with E-state index in [4.69, 9.17) is 4.74 Å². The highest BCUT2D eigenvalue weighted by Crippen LogP contribution is 2.38. The predicted octanol–water partition coefficient (Wildman–Crippen LogP) is 3.78. The Morgan fingerprint density at radius 2 is 1.59 bits per heavy atom. The van der Waals surface area contributed by atoms with Crippen molar-refractivity contribution in [2.24, 2.45) is 0 Å². The molecule has 0 spiro atoms. The van der Waals surface area contributed by atoms with Crippen molar-refractivity contribution in [2.45, 2.75) is 18.4 Å². The lowest BCUT2D eigenvalue weighted by molar-refractivity contribution is -0.140. The molecule has 2 aromatic carbocycles. The third-order valence-corrected chi connectivity index (χ3v) is 3.72. The van der Waals surface area contributed by atoms with Gasteiger partial charge >= 0.3 is 6.18 Å². The third kappa shape index (κ3) is 3.15. The van der Waals surface area contributed by atoms with Crippen molar-refractivity contribution < 1.29 is 17.9 Å². The van der Waals surface area contributed by atoms with Crippen LogP contribution in [0.5, 0.6) is 0 Å². The quantitative estimate of drug-likeness (QED) is 0.928. The maximum absolute atomic E-state index is 13.3. The fraction of sp³-hybridized carbons (Fsp3) is 0.294. The summed E-state index contributed by atoms with van der Waals surface area (Å²) in [4.78, 5) is 0. The Kier molecular flexibility index (Phi) is 4.18. The predicted molar refractivity (Wildman–Crippen MR) is 77.5 cm³/mol. The minimum absolute atomic E-state index is 0.0634. The van der Waals surface area contributed by atoms with Gasteiger partial charge < -0.3 is 10.1 Å². The van der Waals surface area contributed by atoms with Crippen LogP contribution in [0, 0.1) is 0 Å². The molecule has 1 aliphatic heterocycles. The molecule has 1 heterocycles. The van der Waals surface area contributed by atoms with E-state index in [-0.39, 0.29) is 11.7 Å². The van der Waals surface area contributed by atoms with E-state index in [2.05, 4.69) is 5.32 Å². The number of ether oxygens (including phenoxy) is 1. The average Bonchev–Trinajstić information content (AvgIpc) is 2.46. The number of hydrogen-bond donors (Lipinski definition) is 1. The van der Waals surface area contributed by atoms with Crippen LogP contribution in [0.4, 0.5) is 13.2 Å². The maximum atomic E-state index is 13.3. The van der Waals surface area contributed by atoms with Crippen LogP contribution in [0.15, 0.2) is 54.6 Å². The van der Waals surface area contributed by atoms with E-state index >= 15 is 0 Å². The second kappa shape index (κ2) is 6.10. The Hall–Kier alpha value is -1.85. The average molecular weight is 307 g/mol. The lowest BCUT2D eigenvalue weighted by atomic mass is 9.96. The van der Waals surface area contributed by atoms with Crippen LogP contribution in [0.25, 0.3) is 0 Å². The fourth-order valence-corrected chi connectivity index (χ4v) is 2.49. The smallest absolute Gasteiger partial charge is 0.363 e. The second-order valence-electron chi connectivity index (χ2n) is 5.29. The highest BCUT2D eigenvalue weighted by molar-refractivity contribution is 5.37. The lowest BCUT2D eigenvalue weighted by Gasteiger charge is -2.33. The molecule has 0 bridgehead atoms.